The molecule has 0 spiro atoms. The summed E-state index contributed by atoms with van der Waals surface area (Å²) in [5.74, 6) is -1.78. The molecule has 1 aromatic carbocycles. The highest BCUT2D eigenvalue weighted by Crippen LogP contribution is 2.24. The second kappa shape index (κ2) is 9.60. The number of carbonyl (C=O) groups excluding carboxylic acids is 3. The smallest absolute Gasteiger partial charge is 0.358 e. The third-order valence-corrected chi connectivity index (χ3v) is 5.49. The summed E-state index contributed by atoms with van der Waals surface area (Å²) in [7, 11) is 0. The van der Waals surface area contributed by atoms with Crippen LogP contribution in [-0.4, -0.2) is 54.0 Å². The number of ether oxygens (including phenoxy) is 2. The molecule has 1 amide bonds. The third kappa shape index (κ3) is 5.38. The average molecular weight is 420 g/mol. The van der Waals surface area contributed by atoms with Crippen LogP contribution in [-0.2, 0) is 19.1 Å². The number of aromatic nitrogens is 1. The van der Waals surface area contributed by atoms with Crippen molar-refractivity contribution in [1.29, 1.82) is 0 Å². The molecule has 9 heteroatoms. The first-order valence-electron chi connectivity index (χ1n) is 9.31. The molecule has 29 heavy (non-hydrogen) atoms. The second-order valence-electron chi connectivity index (χ2n) is 6.53. The summed E-state index contributed by atoms with van der Waals surface area (Å²) in [6.07, 6.45) is 1.07. The molecule has 0 bridgehead atoms. The van der Waals surface area contributed by atoms with Crippen LogP contribution < -0.4 is 0 Å². The van der Waals surface area contributed by atoms with Gasteiger partial charge in [0.2, 0.25) is 0 Å². The quantitative estimate of drug-likeness (QED) is 0.668. The molecule has 2 aromatic rings. The van der Waals surface area contributed by atoms with Crippen LogP contribution in [0.5, 0.6) is 0 Å². The summed E-state index contributed by atoms with van der Waals surface area (Å²) in [4.78, 5) is 42.0. The number of rotatable bonds is 6. The van der Waals surface area contributed by atoms with Gasteiger partial charge in [-0.1, -0.05) is 0 Å². The van der Waals surface area contributed by atoms with E-state index in [0.29, 0.717) is 43.1 Å². The van der Waals surface area contributed by atoms with Gasteiger partial charge < -0.3 is 14.4 Å². The van der Waals surface area contributed by atoms with Crippen LogP contribution in [0.15, 0.2) is 29.6 Å². The highest BCUT2D eigenvalue weighted by molar-refractivity contribution is 7.13. The van der Waals surface area contributed by atoms with Gasteiger partial charge in [0.1, 0.15) is 10.8 Å². The Kier molecular flexibility index (Phi) is 6.92. The Bertz CT molecular complexity index is 875. The van der Waals surface area contributed by atoms with E-state index in [9.17, 15) is 18.8 Å². The lowest BCUT2D eigenvalue weighted by Gasteiger charge is -2.30. The molecule has 1 aliphatic rings. The van der Waals surface area contributed by atoms with E-state index in [1.807, 2.05) is 0 Å². The van der Waals surface area contributed by atoms with Crippen LogP contribution in [0.3, 0.4) is 0 Å². The van der Waals surface area contributed by atoms with Gasteiger partial charge in [-0.05, 0) is 44.0 Å². The van der Waals surface area contributed by atoms with Gasteiger partial charge in [0, 0.05) is 24.0 Å². The third-order valence-electron chi connectivity index (χ3n) is 4.60. The molecule has 1 aromatic heterocycles. The highest BCUT2D eigenvalue weighted by atomic mass is 32.1. The zero-order valence-electron chi connectivity index (χ0n) is 15.9. The summed E-state index contributed by atoms with van der Waals surface area (Å²) in [5, 5.41) is 2.10. The summed E-state index contributed by atoms with van der Waals surface area (Å²) in [6, 6.07) is 5.79. The Balaban J connectivity index is 1.48. The first-order valence-corrected chi connectivity index (χ1v) is 10.2. The molecule has 1 aliphatic heterocycles. The Labute approximate surface area is 171 Å². The molecular formula is C20H21FN2O5S. The van der Waals surface area contributed by atoms with Gasteiger partial charge >= 0.3 is 11.9 Å². The van der Waals surface area contributed by atoms with Gasteiger partial charge in [0.05, 0.1) is 12.5 Å². The number of hydrogen-bond donors (Lipinski definition) is 0. The molecule has 1 saturated heterocycles. The Morgan fingerprint density at radius 3 is 2.52 bits per heavy atom. The molecule has 0 unspecified atom stereocenters. The summed E-state index contributed by atoms with van der Waals surface area (Å²) in [5.41, 5.74) is 0.791. The molecule has 3 rings (SSSR count). The lowest BCUT2D eigenvalue weighted by Crippen LogP contribution is -2.42. The molecule has 0 saturated carbocycles. The number of nitrogens with zero attached hydrogens (tertiary/aromatic N) is 2. The number of piperidine rings is 1. The van der Waals surface area contributed by atoms with Gasteiger partial charge in [-0.25, -0.2) is 14.2 Å². The number of amides is 1. The minimum atomic E-state index is -0.690. The summed E-state index contributed by atoms with van der Waals surface area (Å²) >= 11 is 1.23. The van der Waals surface area contributed by atoms with E-state index in [-0.39, 0.29) is 35.9 Å². The van der Waals surface area contributed by atoms with Crippen molar-refractivity contribution in [2.75, 3.05) is 26.3 Å². The van der Waals surface area contributed by atoms with Crippen molar-refractivity contribution in [3.05, 3.63) is 41.2 Å². The number of likely N-dealkylation sites (tertiary alicyclic amines) is 1. The predicted molar refractivity (Wildman–Crippen MR) is 104 cm³/mol. The number of esters is 2. The molecule has 0 N–H and O–H groups in total. The summed E-state index contributed by atoms with van der Waals surface area (Å²) < 4.78 is 23.1. The second-order valence-corrected chi connectivity index (χ2v) is 7.39. The van der Waals surface area contributed by atoms with E-state index < -0.39 is 5.97 Å². The number of hydrogen-bond acceptors (Lipinski definition) is 7. The Morgan fingerprint density at radius 1 is 1.17 bits per heavy atom. The van der Waals surface area contributed by atoms with Crippen LogP contribution in [0.25, 0.3) is 10.6 Å². The van der Waals surface area contributed by atoms with Crippen molar-refractivity contribution >= 4 is 29.2 Å². The Hall–Kier alpha value is -2.81. The number of halogens is 1. The zero-order valence-corrected chi connectivity index (χ0v) is 16.7. The fraction of sp³-hybridized carbons (Fsp3) is 0.400. The van der Waals surface area contributed by atoms with E-state index in [2.05, 4.69) is 4.98 Å². The van der Waals surface area contributed by atoms with E-state index in [0.717, 1.165) is 0 Å². The van der Waals surface area contributed by atoms with Gasteiger partial charge in [-0.15, -0.1) is 11.3 Å². The van der Waals surface area contributed by atoms with Crippen molar-refractivity contribution in [3.63, 3.8) is 0 Å². The maximum atomic E-state index is 13.0. The highest BCUT2D eigenvalue weighted by Gasteiger charge is 2.28. The van der Waals surface area contributed by atoms with Gasteiger partial charge in [0.15, 0.2) is 12.3 Å². The number of benzene rings is 1. The van der Waals surface area contributed by atoms with Crippen LogP contribution in [0.1, 0.15) is 30.3 Å². The molecule has 0 radical (unpaired) electrons. The van der Waals surface area contributed by atoms with Crippen LogP contribution in [0.2, 0.25) is 0 Å². The van der Waals surface area contributed by atoms with Crippen molar-refractivity contribution < 1.29 is 28.2 Å². The monoisotopic (exact) mass is 420 g/mol. The fourth-order valence-corrected chi connectivity index (χ4v) is 3.81. The number of thiazole rings is 1. The predicted octanol–water partition coefficient (Wildman–Crippen LogP) is 2.91. The lowest BCUT2D eigenvalue weighted by molar-refractivity contribution is -0.151. The van der Waals surface area contributed by atoms with Crippen LogP contribution in [0.4, 0.5) is 4.39 Å². The van der Waals surface area contributed by atoms with Crippen molar-refractivity contribution in [2.45, 2.75) is 19.8 Å². The van der Waals surface area contributed by atoms with E-state index in [1.54, 1.807) is 24.0 Å². The lowest BCUT2D eigenvalue weighted by atomic mass is 9.97. The first-order chi connectivity index (χ1) is 14.0. The topological polar surface area (TPSA) is 85.8 Å². The van der Waals surface area contributed by atoms with E-state index in [1.165, 1.54) is 28.8 Å². The number of carbonyl (C=O) groups is 3. The van der Waals surface area contributed by atoms with Gasteiger partial charge in [0.25, 0.3) is 5.91 Å². The fourth-order valence-electron chi connectivity index (χ4n) is 3.01. The van der Waals surface area contributed by atoms with Gasteiger partial charge in [-0.2, -0.15) is 0 Å². The zero-order chi connectivity index (χ0) is 20.8. The summed E-state index contributed by atoms with van der Waals surface area (Å²) in [6.45, 7) is 2.56. The van der Waals surface area contributed by atoms with E-state index >= 15 is 0 Å². The molecule has 2 heterocycles. The molecule has 154 valence electrons. The molecular weight excluding hydrogens is 399 g/mol. The maximum Gasteiger partial charge on any atom is 0.358 e. The van der Waals surface area contributed by atoms with Crippen LogP contribution in [0, 0.1) is 11.7 Å². The SMILES string of the molecule is CCOC(=O)C1CCN(C(=O)COC(=O)c2csc(-c3ccc(F)cc3)n2)CC1. The standard InChI is InChI=1S/C20H21FN2O5S/c1-2-27-19(25)14-7-9-23(10-8-14)17(24)11-28-20(26)16-12-29-18(22-16)13-3-5-15(21)6-4-13/h3-6,12,14H,2,7-11H2,1H3. The van der Waals surface area contributed by atoms with Crippen LogP contribution >= 0.6 is 11.3 Å². The largest absolute Gasteiger partial charge is 0.466 e. The van der Waals surface area contributed by atoms with E-state index in [4.69, 9.17) is 9.47 Å². The Morgan fingerprint density at radius 2 is 1.86 bits per heavy atom. The minimum Gasteiger partial charge on any atom is -0.466 e. The van der Waals surface area contributed by atoms with Gasteiger partial charge in [-0.3, -0.25) is 9.59 Å². The van der Waals surface area contributed by atoms with Crippen molar-refractivity contribution in [3.8, 4) is 10.6 Å². The normalized spacial score (nSPS) is 14.5. The van der Waals surface area contributed by atoms with Crippen molar-refractivity contribution in [1.82, 2.24) is 9.88 Å². The average Bonchev–Trinajstić information content (AvgIpc) is 3.23. The molecule has 0 atom stereocenters. The molecule has 7 nitrogen and oxygen atoms in total. The molecule has 1 fully saturated rings. The maximum absolute atomic E-state index is 13.0. The van der Waals surface area contributed by atoms with Crippen molar-refractivity contribution in [2.24, 2.45) is 5.92 Å². The first kappa shape index (κ1) is 20.9. The molecule has 0 aliphatic carbocycles. The minimum absolute atomic E-state index is 0.100.